The molecule has 27 heavy (non-hydrogen) atoms. The summed E-state index contributed by atoms with van der Waals surface area (Å²) in [5, 5.41) is 3.11. The van der Waals surface area contributed by atoms with E-state index in [1.54, 1.807) is 0 Å². The first kappa shape index (κ1) is 20.1. The lowest BCUT2D eigenvalue weighted by molar-refractivity contribution is -0.124. The first-order chi connectivity index (χ1) is 12.7. The average Bonchev–Trinajstić information content (AvgIpc) is 3.10. The number of nitrogens with zero attached hydrogens (tertiary/aromatic N) is 1. The number of hydrogen-bond acceptors (Lipinski definition) is 4. The van der Waals surface area contributed by atoms with Crippen molar-refractivity contribution < 1.29 is 4.79 Å². The number of nitrogens with two attached hydrogens (primary N) is 1. The van der Waals surface area contributed by atoms with Crippen LogP contribution in [0, 0.1) is 5.92 Å². The first-order valence-corrected chi connectivity index (χ1v) is 10.2. The molecule has 2 aromatic carbocycles. The molecule has 1 aliphatic carbocycles. The molecule has 0 bridgehead atoms. The van der Waals surface area contributed by atoms with Gasteiger partial charge in [-0.1, -0.05) is 36.0 Å². The van der Waals surface area contributed by atoms with E-state index in [4.69, 9.17) is 5.73 Å². The Morgan fingerprint density at radius 1 is 1.07 bits per heavy atom. The summed E-state index contributed by atoms with van der Waals surface area (Å²) in [6.07, 6.45) is 3.64. The van der Waals surface area contributed by atoms with Crippen molar-refractivity contribution in [2.75, 3.05) is 18.0 Å². The fraction of sp³-hybridized carbons (Fsp3) is 0.381. The normalized spacial score (nSPS) is 20.4. The molecule has 0 radical (unpaired) electrons. The number of hydrogen-bond donors (Lipinski definition) is 2. The highest BCUT2D eigenvalue weighted by atomic mass is 35.5. The minimum absolute atomic E-state index is 0. The highest BCUT2D eigenvalue weighted by Crippen LogP contribution is 2.47. The van der Waals surface area contributed by atoms with Crippen molar-refractivity contribution in [1.29, 1.82) is 0 Å². The summed E-state index contributed by atoms with van der Waals surface area (Å²) in [5.41, 5.74) is 8.43. The molecule has 1 saturated carbocycles. The van der Waals surface area contributed by atoms with Crippen LogP contribution >= 0.6 is 24.2 Å². The van der Waals surface area contributed by atoms with Crippen molar-refractivity contribution in [3.05, 3.63) is 48.5 Å². The summed E-state index contributed by atoms with van der Waals surface area (Å²) in [6.45, 7) is 1.59. The molecule has 0 saturated heterocycles. The van der Waals surface area contributed by atoms with E-state index in [0.29, 0.717) is 6.54 Å². The SMILES string of the molecule is Cl.NC1CCC(C(=O)NCCCN2c3ccccc3Sc3ccccc32)C1. The lowest BCUT2D eigenvalue weighted by Gasteiger charge is -2.32. The number of amides is 1. The molecule has 0 spiro atoms. The van der Waals surface area contributed by atoms with E-state index in [1.807, 2.05) is 11.8 Å². The predicted molar refractivity (Wildman–Crippen MR) is 114 cm³/mol. The number of benzene rings is 2. The van der Waals surface area contributed by atoms with Crippen molar-refractivity contribution in [3.8, 4) is 0 Å². The van der Waals surface area contributed by atoms with Crippen molar-refractivity contribution in [2.24, 2.45) is 11.7 Å². The quantitative estimate of drug-likeness (QED) is 0.729. The Bertz CT molecular complexity index is 755. The van der Waals surface area contributed by atoms with Crippen LogP contribution in [0.25, 0.3) is 0 Å². The van der Waals surface area contributed by atoms with Crippen molar-refractivity contribution >= 4 is 41.5 Å². The van der Waals surface area contributed by atoms with E-state index in [-0.39, 0.29) is 30.3 Å². The molecular weight excluding hydrogens is 378 g/mol. The molecule has 1 amide bonds. The summed E-state index contributed by atoms with van der Waals surface area (Å²) in [4.78, 5) is 17.2. The van der Waals surface area contributed by atoms with Gasteiger partial charge < -0.3 is 16.0 Å². The second-order valence-corrected chi connectivity index (χ2v) is 8.19. The van der Waals surface area contributed by atoms with Gasteiger partial charge >= 0.3 is 0 Å². The second-order valence-electron chi connectivity index (χ2n) is 7.10. The van der Waals surface area contributed by atoms with E-state index >= 15 is 0 Å². The lowest BCUT2D eigenvalue weighted by Crippen LogP contribution is -2.33. The Hall–Kier alpha value is -1.69. The third kappa shape index (κ3) is 4.42. The Balaban J connectivity index is 0.00000210. The smallest absolute Gasteiger partial charge is 0.223 e. The van der Waals surface area contributed by atoms with Gasteiger partial charge in [0, 0.05) is 34.8 Å². The molecule has 6 heteroatoms. The molecule has 144 valence electrons. The largest absolute Gasteiger partial charge is 0.356 e. The summed E-state index contributed by atoms with van der Waals surface area (Å²) in [6, 6.07) is 17.3. The average molecular weight is 404 g/mol. The highest BCUT2D eigenvalue weighted by Gasteiger charge is 2.27. The van der Waals surface area contributed by atoms with Crippen LogP contribution < -0.4 is 16.0 Å². The maximum absolute atomic E-state index is 12.3. The Morgan fingerprint density at radius 3 is 2.30 bits per heavy atom. The monoisotopic (exact) mass is 403 g/mol. The molecule has 2 aromatic rings. The minimum atomic E-state index is 0. The van der Waals surface area contributed by atoms with Gasteiger partial charge in [0.05, 0.1) is 11.4 Å². The van der Waals surface area contributed by atoms with E-state index in [9.17, 15) is 4.79 Å². The van der Waals surface area contributed by atoms with Crippen LogP contribution in [0.4, 0.5) is 11.4 Å². The van der Waals surface area contributed by atoms with Crippen LogP contribution in [-0.4, -0.2) is 25.0 Å². The standard InChI is InChI=1S/C21H25N3OS.ClH/c22-16-11-10-15(14-16)21(25)23-12-5-13-24-17-6-1-3-8-19(17)26-20-9-4-2-7-18(20)24;/h1-4,6-9,15-16H,5,10-14,22H2,(H,23,25);1H. The van der Waals surface area contributed by atoms with Crippen molar-refractivity contribution in [3.63, 3.8) is 0 Å². The topological polar surface area (TPSA) is 58.4 Å². The Morgan fingerprint density at radius 2 is 1.70 bits per heavy atom. The zero-order valence-corrected chi connectivity index (χ0v) is 16.9. The Kier molecular flexibility index (Phi) is 6.68. The molecule has 2 aliphatic rings. The maximum atomic E-state index is 12.3. The van der Waals surface area contributed by atoms with Gasteiger partial charge in [0.25, 0.3) is 0 Å². The van der Waals surface area contributed by atoms with Gasteiger partial charge in [-0.15, -0.1) is 12.4 Å². The van der Waals surface area contributed by atoms with Gasteiger partial charge in [0.1, 0.15) is 0 Å². The molecule has 4 rings (SSSR count). The summed E-state index contributed by atoms with van der Waals surface area (Å²) in [7, 11) is 0. The van der Waals surface area contributed by atoms with Crippen LogP contribution in [0.5, 0.6) is 0 Å². The first-order valence-electron chi connectivity index (χ1n) is 9.39. The van der Waals surface area contributed by atoms with E-state index in [0.717, 1.165) is 32.2 Å². The summed E-state index contributed by atoms with van der Waals surface area (Å²) >= 11 is 1.82. The molecule has 0 aromatic heterocycles. The van der Waals surface area contributed by atoms with Crippen molar-refractivity contribution in [2.45, 2.75) is 41.5 Å². The van der Waals surface area contributed by atoms with Crippen LogP contribution in [0.3, 0.4) is 0 Å². The lowest BCUT2D eigenvalue weighted by atomic mass is 10.1. The molecule has 3 N–H and O–H groups in total. The maximum Gasteiger partial charge on any atom is 0.223 e. The fourth-order valence-corrected chi connectivity index (χ4v) is 4.97. The van der Waals surface area contributed by atoms with Gasteiger partial charge in [0.15, 0.2) is 0 Å². The second kappa shape index (κ2) is 9.00. The number of carbonyl (C=O) groups is 1. The number of fused-ring (bicyclic) bond motifs is 2. The number of halogens is 1. The van der Waals surface area contributed by atoms with Crippen LogP contribution in [0.1, 0.15) is 25.7 Å². The molecule has 4 nitrogen and oxygen atoms in total. The molecule has 1 fully saturated rings. The minimum Gasteiger partial charge on any atom is -0.356 e. The van der Waals surface area contributed by atoms with Gasteiger partial charge in [-0.2, -0.15) is 0 Å². The number of rotatable bonds is 5. The number of para-hydroxylation sites is 2. The molecule has 1 heterocycles. The number of anilines is 2. The molecule has 1 aliphatic heterocycles. The summed E-state index contributed by atoms with van der Waals surface area (Å²) in [5.74, 6) is 0.283. The van der Waals surface area contributed by atoms with E-state index < -0.39 is 0 Å². The van der Waals surface area contributed by atoms with Crippen LogP contribution in [0.15, 0.2) is 58.3 Å². The zero-order chi connectivity index (χ0) is 17.9. The number of carbonyl (C=O) groups excluding carboxylic acids is 1. The number of nitrogens with one attached hydrogen (secondary N) is 1. The third-order valence-corrected chi connectivity index (χ3v) is 6.36. The van der Waals surface area contributed by atoms with Gasteiger partial charge in [-0.3, -0.25) is 4.79 Å². The van der Waals surface area contributed by atoms with Crippen LogP contribution in [-0.2, 0) is 4.79 Å². The fourth-order valence-electron chi connectivity index (χ4n) is 3.87. The third-order valence-electron chi connectivity index (χ3n) is 5.23. The van der Waals surface area contributed by atoms with E-state index in [1.165, 1.54) is 21.2 Å². The predicted octanol–water partition coefficient (Wildman–Crippen LogP) is 4.34. The zero-order valence-electron chi connectivity index (χ0n) is 15.3. The van der Waals surface area contributed by atoms with E-state index in [2.05, 4.69) is 58.7 Å². The summed E-state index contributed by atoms with van der Waals surface area (Å²) < 4.78 is 0. The van der Waals surface area contributed by atoms with Gasteiger partial charge in [0.2, 0.25) is 5.91 Å². The Labute approximate surface area is 171 Å². The molecule has 2 unspecified atom stereocenters. The molecular formula is C21H26ClN3OS. The molecule has 2 atom stereocenters. The van der Waals surface area contributed by atoms with Crippen molar-refractivity contribution in [1.82, 2.24) is 5.32 Å². The van der Waals surface area contributed by atoms with Crippen LogP contribution in [0.2, 0.25) is 0 Å². The van der Waals surface area contributed by atoms with Gasteiger partial charge in [-0.05, 0) is 49.9 Å². The highest BCUT2D eigenvalue weighted by molar-refractivity contribution is 7.99. The van der Waals surface area contributed by atoms with Gasteiger partial charge in [-0.25, -0.2) is 0 Å².